The highest BCUT2D eigenvalue weighted by atomic mass is 19.4. The summed E-state index contributed by atoms with van der Waals surface area (Å²) >= 11 is 0. The molecule has 2 aromatic carbocycles. The van der Waals surface area contributed by atoms with Crippen LogP contribution in [-0.2, 0) is 22.5 Å². The fourth-order valence-electron chi connectivity index (χ4n) is 4.80. The van der Waals surface area contributed by atoms with E-state index < -0.39 is 12.1 Å². The number of carbonyl (C=O) groups excluding carboxylic acids is 1. The van der Waals surface area contributed by atoms with E-state index in [0.717, 1.165) is 59.5 Å². The minimum Gasteiger partial charge on any atom is -0.475 e. The van der Waals surface area contributed by atoms with Gasteiger partial charge in [-0.1, -0.05) is 36.4 Å². The Bertz CT molecular complexity index is 1330. The van der Waals surface area contributed by atoms with Crippen LogP contribution in [0.1, 0.15) is 21.6 Å². The van der Waals surface area contributed by atoms with Gasteiger partial charge in [0.25, 0.3) is 5.91 Å². The summed E-state index contributed by atoms with van der Waals surface area (Å²) in [6.07, 6.45) is -4.18. The van der Waals surface area contributed by atoms with E-state index in [1.807, 2.05) is 23.1 Å². The van der Waals surface area contributed by atoms with Crippen LogP contribution in [0.3, 0.4) is 0 Å². The van der Waals surface area contributed by atoms with Gasteiger partial charge in [-0.15, -0.1) is 0 Å². The molecule has 0 radical (unpaired) electrons. The second kappa shape index (κ2) is 12.0. The van der Waals surface area contributed by atoms with Gasteiger partial charge >= 0.3 is 12.1 Å². The molecule has 1 fully saturated rings. The molecule has 208 valence electrons. The number of fused-ring (bicyclic) bond motifs is 2. The molecular formula is C28H31F3N4O4. The summed E-state index contributed by atoms with van der Waals surface area (Å²) in [7, 11) is 4.13. The molecule has 0 aliphatic carbocycles. The van der Waals surface area contributed by atoms with Gasteiger partial charge in [0.2, 0.25) is 0 Å². The molecule has 0 bridgehead atoms. The normalized spacial score (nSPS) is 17.3. The van der Waals surface area contributed by atoms with E-state index in [2.05, 4.69) is 60.3 Å². The molecule has 8 nitrogen and oxygen atoms in total. The summed E-state index contributed by atoms with van der Waals surface area (Å²) in [4.78, 5) is 33.5. The number of benzene rings is 2. The predicted molar refractivity (Wildman–Crippen MR) is 141 cm³/mol. The minimum absolute atomic E-state index is 0.132. The SMILES string of the molecule is CN(C)CC1CN(c2cccc3c2C(=O)N(CCc2ccc4ccccc4n2)C3)CCO1.O=C(O)C(F)(F)F. The molecule has 5 rings (SSSR count). The highest BCUT2D eigenvalue weighted by Crippen LogP contribution is 2.33. The molecule has 1 N–H and O–H groups in total. The molecule has 1 amide bonds. The van der Waals surface area contributed by atoms with Crippen molar-refractivity contribution >= 4 is 28.5 Å². The van der Waals surface area contributed by atoms with Crippen LogP contribution >= 0.6 is 0 Å². The van der Waals surface area contributed by atoms with E-state index >= 15 is 0 Å². The summed E-state index contributed by atoms with van der Waals surface area (Å²) < 4.78 is 37.7. The van der Waals surface area contributed by atoms with E-state index in [1.165, 1.54) is 0 Å². The number of likely N-dealkylation sites (N-methyl/N-ethyl adjacent to an activating group) is 1. The summed E-state index contributed by atoms with van der Waals surface area (Å²) in [6, 6.07) is 18.6. The molecule has 1 unspecified atom stereocenters. The van der Waals surface area contributed by atoms with Crippen molar-refractivity contribution in [2.45, 2.75) is 25.2 Å². The minimum atomic E-state index is -5.08. The van der Waals surface area contributed by atoms with Crippen LogP contribution in [0.5, 0.6) is 0 Å². The van der Waals surface area contributed by atoms with Crippen LogP contribution in [0.2, 0.25) is 0 Å². The van der Waals surface area contributed by atoms with Crippen molar-refractivity contribution in [1.29, 1.82) is 0 Å². The number of ether oxygens (including phenoxy) is 1. The number of aliphatic carboxylic acids is 1. The van der Waals surface area contributed by atoms with E-state index in [-0.39, 0.29) is 12.0 Å². The second-order valence-corrected chi connectivity index (χ2v) is 9.79. The number of rotatable bonds is 6. The highest BCUT2D eigenvalue weighted by Gasteiger charge is 2.38. The van der Waals surface area contributed by atoms with Crippen LogP contribution in [0, 0.1) is 0 Å². The van der Waals surface area contributed by atoms with Gasteiger partial charge in [0.1, 0.15) is 0 Å². The molecule has 1 aromatic heterocycles. The van der Waals surface area contributed by atoms with Gasteiger partial charge in [0.15, 0.2) is 0 Å². The number of morpholine rings is 1. The molecular weight excluding hydrogens is 513 g/mol. The number of halogens is 3. The maximum atomic E-state index is 13.4. The Hall–Kier alpha value is -3.70. The third kappa shape index (κ3) is 7.04. The molecule has 1 saturated heterocycles. The fourth-order valence-corrected chi connectivity index (χ4v) is 4.80. The van der Waals surface area contributed by atoms with E-state index in [4.69, 9.17) is 19.6 Å². The van der Waals surface area contributed by atoms with Gasteiger partial charge in [0, 0.05) is 50.2 Å². The molecule has 1 atom stereocenters. The Morgan fingerprint density at radius 1 is 1.13 bits per heavy atom. The molecule has 3 aromatic rings. The predicted octanol–water partition coefficient (Wildman–Crippen LogP) is 3.83. The molecule has 3 heterocycles. The quantitative estimate of drug-likeness (QED) is 0.505. The standard InChI is InChI=1S/C26H30N4O2.C2HF3O2/c1-28(2)17-22-18-29(14-15-32-22)24-9-5-7-20-16-30(26(31)25(20)24)13-12-21-11-10-19-6-3-4-8-23(19)27-21;3-2(4,5)1(6)7/h3-11,22H,12-18H2,1-2H3;(H,6,7). The largest absolute Gasteiger partial charge is 0.490 e. The van der Waals surface area contributed by atoms with Gasteiger partial charge in [0.05, 0.1) is 29.5 Å². The topological polar surface area (TPSA) is 86.2 Å². The first-order valence-corrected chi connectivity index (χ1v) is 12.6. The Labute approximate surface area is 224 Å². The Kier molecular flexibility index (Phi) is 8.71. The zero-order valence-corrected chi connectivity index (χ0v) is 21.8. The van der Waals surface area contributed by atoms with E-state index in [1.54, 1.807) is 0 Å². The first kappa shape index (κ1) is 28.3. The maximum Gasteiger partial charge on any atom is 0.490 e. The van der Waals surface area contributed by atoms with Crippen LogP contribution in [0.4, 0.5) is 18.9 Å². The van der Waals surface area contributed by atoms with E-state index in [0.29, 0.717) is 19.7 Å². The van der Waals surface area contributed by atoms with Gasteiger partial charge in [-0.3, -0.25) is 9.78 Å². The number of hydrogen-bond acceptors (Lipinski definition) is 6. The zero-order chi connectivity index (χ0) is 28.2. The van der Waals surface area contributed by atoms with Crippen LogP contribution in [0.25, 0.3) is 10.9 Å². The van der Waals surface area contributed by atoms with E-state index in [9.17, 15) is 18.0 Å². The first-order valence-electron chi connectivity index (χ1n) is 12.6. The van der Waals surface area contributed by atoms with Crippen molar-refractivity contribution in [1.82, 2.24) is 14.8 Å². The second-order valence-electron chi connectivity index (χ2n) is 9.79. The fraction of sp³-hybridized carbons (Fsp3) is 0.393. The van der Waals surface area contributed by atoms with Crippen molar-refractivity contribution in [2.24, 2.45) is 0 Å². The van der Waals surface area contributed by atoms with Gasteiger partial charge in [-0.2, -0.15) is 13.2 Å². The number of alkyl halides is 3. The lowest BCUT2D eigenvalue weighted by Gasteiger charge is -2.36. The molecule has 2 aliphatic rings. The lowest BCUT2D eigenvalue weighted by atomic mass is 10.1. The lowest BCUT2D eigenvalue weighted by molar-refractivity contribution is -0.192. The van der Waals surface area contributed by atoms with Crippen LogP contribution in [0.15, 0.2) is 54.6 Å². The van der Waals surface area contributed by atoms with Crippen molar-refractivity contribution in [3.63, 3.8) is 0 Å². The molecule has 2 aliphatic heterocycles. The number of carboxylic acids is 1. The Balaban J connectivity index is 0.000000448. The number of anilines is 1. The number of amides is 1. The number of para-hydroxylation sites is 1. The molecule has 0 spiro atoms. The first-order chi connectivity index (χ1) is 18.5. The van der Waals surface area contributed by atoms with Crippen molar-refractivity contribution in [2.75, 3.05) is 51.8 Å². The summed E-state index contributed by atoms with van der Waals surface area (Å²) in [5.74, 6) is -2.63. The third-order valence-electron chi connectivity index (χ3n) is 6.58. The smallest absolute Gasteiger partial charge is 0.475 e. The number of pyridine rings is 1. The monoisotopic (exact) mass is 544 g/mol. The van der Waals surface area contributed by atoms with Crippen molar-refractivity contribution in [3.8, 4) is 0 Å². The third-order valence-corrected chi connectivity index (χ3v) is 6.58. The number of aromatic nitrogens is 1. The zero-order valence-electron chi connectivity index (χ0n) is 21.8. The number of carbonyl (C=O) groups is 2. The maximum absolute atomic E-state index is 13.4. The number of hydrogen-bond donors (Lipinski definition) is 1. The van der Waals surface area contributed by atoms with Crippen LogP contribution in [-0.4, -0.2) is 90.9 Å². The van der Waals surface area contributed by atoms with Crippen molar-refractivity contribution in [3.05, 3.63) is 71.4 Å². The molecule has 39 heavy (non-hydrogen) atoms. The highest BCUT2D eigenvalue weighted by molar-refractivity contribution is 6.03. The van der Waals surface area contributed by atoms with Gasteiger partial charge < -0.3 is 24.5 Å². The number of carboxylic acid groups (broad SMARTS) is 1. The lowest BCUT2D eigenvalue weighted by Crippen LogP contribution is -2.47. The average Bonchev–Trinajstić information content (AvgIpc) is 3.22. The van der Waals surface area contributed by atoms with Gasteiger partial charge in [-0.05, 0) is 37.9 Å². The summed E-state index contributed by atoms with van der Waals surface area (Å²) in [6.45, 7) is 4.53. The average molecular weight is 545 g/mol. The van der Waals surface area contributed by atoms with Gasteiger partial charge in [-0.25, -0.2) is 4.79 Å². The summed E-state index contributed by atoms with van der Waals surface area (Å²) in [5, 5.41) is 8.27. The summed E-state index contributed by atoms with van der Waals surface area (Å²) in [5.41, 5.74) is 5.06. The Morgan fingerprint density at radius 2 is 1.87 bits per heavy atom. The molecule has 11 heteroatoms. The van der Waals surface area contributed by atoms with Crippen LogP contribution < -0.4 is 4.90 Å². The van der Waals surface area contributed by atoms with Crippen molar-refractivity contribution < 1.29 is 32.6 Å². The molecule has 0 saturated carbocycles. The Morgan fingerprint density at radius 3 is 2.59 bits per heavy atom. The number of nitrogens with zero attached hydrogens (tertiary/aromatic N) is 4.